The number of likely N-dealkylation sites (N-methyl/N-ethyl adjacent to an activating group) is 1. The molecule has 2 aliphatic rings. The fraction of sp³-hybridized carbons (Fsp3) is 0.500. The van der Waals surface area contributed by atoms with Gasteiger partial charge in [-0.25, -0.2) is 4.39 Å². The monoisotopic (exact) mass is 383 g/mol. The summed E-state index contributed by atoms with van der Waals surface area (Å²) in [6.45, 7) is 3.30. The van der Waals surface area contributed by atoms with Gasteiger partial charge >= 0.3 is 0 Å². The van der Waals surface area contributed by atoms with Crippen molar-refractivity contribution < 1.29 is 14.0 Å². The normalized spacial score (nSPS) is 22.7. The van der Waals surface area contributed by atoms with Gasteiger partial charge in [0.1, 0.15) is 11.7 Å². The summed E-state index contributed by atoms with van der Waals surface area (Å²) in [5.41, 5.74) is 0.242. The zero-order valence-electron chi connectivity index (χ0n) is 13.0. The standard InChI is InChI=1S/C16H19BrFN3O2/c1-19-6-8-20(9-7-19)15(22)12-4-5-21(16(12)23)14-3-2-11(17)10-13(14)18/h2-3,10,12H,4-9H2,1H3. The van der Waals surface area contributed by atoms with Gasteiger partial charge in [-0.2, -0.15) is 0 Å². The van der Waals surface area contributed by atoms with Crippen LogP contribution in [0.1, 0.15) is 6.42 Å². The summed E-state index contributed by atoms with van der Waals surface area (Å²) in [5, 5.41) is 0. The molecule has 1 unspecified atom stereocenters. The van der Waals surface area contributed by atoms with Gasteiger partial charge in [0.05, 0.1) is 5.69 Å². The lowest BCUT2D eigenvalue weighted by atomic mass is 10.1. The van der Waals surface area contributed by atoms with E-state index in [1.807, 2.05) is 7.05 Å². The number of piperazine rings is 1. The van der Waals surface area contributed by atoms with Crippen molar-refractivity contribution in [3.63, 3.8) is 0 Å². The molecule has 1 atom stereocenters. The van der Waals surface area contributed by atoms with E-state index in [1.54, 1.807) is 17.0 Å². The Labute approximate surface area is 143 Å². The van der Waals surface area contributed by atoms with Crippen molar-refractivity contribution in [2.24, 2.45) is 5.92 Å². The van der Waals surface area contributed by atoms with Crippen LogP contribution in [0.15, 0.2) is 22.7 Å². The quantitative estimate of drug-likeness (QED) is 0.730. The molecular formula is C16H19BrFN3O2. The van der Waals surface area contributed by atoms with Crippen LogP contribution in [0, 0.1) is 11.7 Å². The summed E-state index contributed by atoms with van der Waals surface area (Å²) >= 11 is 3.20. The number of hydrogen-bond acceptors (Lipinski definition) is 3. The maximum absolute atomic E-state index is 14.1. The van der Waals surface area contributed by atoms with Gasteiger partial charge in [0.25, 0.3) is 0 Å². The third kappa shape index (κ3) is 3.26. The Bertz CT molecular complexity index is 632. The number of halogens is 2. The van der Waals surface area contributed by atoms with Crippen molar-refractivity contribution in [1.29, 1.82) is 0 Å². The van der Waals surface area contributed by atoms with Gasteiger partial charge in [-0.3, -0.25) is 9.59 Å². The van der Waals surface area contributed by atoms with Crippen LogP contribution >= 0.6 is 15.9 Å². The molecule has 2 aliphatic heterocycles. The van der Waals surface area contributed by atoms with Crippen LogP contribution in [-0.2, 0) is 9.59 Å². The average molecular weight is 384 g/mol. The van der Waals surface area contributed by atoms with Crippen LogP contribution in [-0.4, -0.2) is 61.4 Å². The predicted octanol–water partition coefficient (Wildman–Crippen LogP) is 1.72. The van der Waals surface area contributed by atoms with E-state index in [0.29, 0.717) is 30.5 Å². The Morgan fingerprint density at radius 3 is 2.57 bits per heavy atom. The number of anilines is 1. The number of amides is 2. The smallest absolute Gasteiger partial charge is 0.239 e. The Morgan fingerprint density at radius 2 is 1.91 bits per heavy atom. The molecule has 0 N–H and O–H groups in total. The van der Waals surface area contributed by atoms with E-state index in [9.17, 15) is 14.0 Å². The van der Waals surface area contributed by atoms with Crippen LogP contribution in [0.3, 0.4) is 0 Å². The molecule has 2 heterocycles. The number of carbonyl (C=O) groups excluding carboxylic acids is 2. The predicted molar refractivity (Wildman–Crippen MR) is 88.6 cm³/mol. The highest BCUT2D eigenvalue weighted by Gasteiger charge is 2.40. The minimum atomic E-state index is -0.679. The fourth-order valence-electron chi connectivity index (χ4n) is 3.10. The van der Waals surface area contributed by atoms with Crippen LogP contribution < -0.4 is 4.90 Å². The highest BCUT2D eigenvalue weighted by molar-refractivity contribution is 9.10. The first kappa shape index (κ1) is 16.4. The Morgan fingerprint density at radius 1 is 1.22 bits per heavy atom. The van der Waals surface area contributed by atoms with E-state index in [2.05, 4.69) is 20.8 Å². The molecule has 5 nitrogen and oxygen atoms in total. The molecule has 23 heavy (non-hydrogen) atoms. The van der Waals surface area contributed by atoms with E-state index in [4.69, 9.17) is 0 Å². The first-order valence-electron chi connectivity index (χ1n) is 7.71. The van der Waals surface area contributed by atoms with Gasteiger partial charge in [0.15, 0.2) is 0 Å². The third-order valence-electron chi connectivity index (χ3n) is 4.52. The first-order chi connectivity index (χ1) is 11.0. The molecule has 124 valence electrons. The van der Waals surface area contributed by atoms with Crippen molar-refractivity contribution in [3.8, 4) is 0 Å². The van der Waals surface area contributed by atoms with Gasteiger partial charge in [-0.05, 0) is 31.7 Å². The summed E-state index contributed by atoms with van der Waals surface area (Å²) in [7, 11) is 2.01. The van der Waals surface area contributed by atoms with Gasteiger partial charge in [0.2, 0.25) is 11.8 Å². The lowest BCUT2D eigenvalue weighted by Crippen LogP contribution is -2.50. The van der Waals surface area contributed by atoms with Gasteiger partial charge in [-0.1, -0.05) is 15.9 Å². The van der Waals surface area contributed by atoms with Crippen molar-refractivity contribution in [3.05, 3.63) is 28.5 Å². The van der Waals surface area contributed by atoms with Gasteiger partial charge in [-0.15, -0.1) is 0 Å². The molecule has 0 saturated carbocycles. The highest BCUT2D eigenvalue weighted by Crippen LogP contribution is 2.30. The fourth-order valence-corrected chi connectivity index (χ4v) is 3.43. The van der Waals surface area contributed by atoms with Gasteiger partial charge in [0, 0.05) is 37.2 Å². The van der Waals surface area contributed by atoms with Crippen LogP contribution in [0.4, 0.5) is 10.1 Å². The van der Waals surface area contributed by atoms with Crippen molar-refractivity contribution in [2.75, 3.05) is 44.7 Å². The molecule has 1 aromatic rings. The van der Waals surface area contributed by atoms with Crippen LogP contribution in [0.5, 0.6) is 0 Å². The Balaban J connectivity index is 1.72. The second-order valence-corrected chi connectivity index (χ2v) is 6.97. The first-order valence-corrected chi connectivity index (χ1v) is 8.50. The molecule has 0 spiro atoms. The summed E-state index contributed by atoms with van der Waals surface area (Å²) in [6.07, 6.45) is 0.444. The van der Waals surface area contributed by atoms with Crippen LogP contribution in [0.25, 0.3) is 0 Å². The molecule has 1 aromatic carbocycles. The molecule has 0 aromatic heterocycles. The maximum atomic E-state index is 14.1. The Hall–Kier alpha value is -1.47. The molecule has 2 amide bonds. The molecule has 7 heteroatoms. The van der Waals surface area contributed by atoms with Gasteiger partial charge < -0.3 is 14.7 Å². The zero-order valence-corrected chi connectivity index (χ0v) is 14.6. The minimum absolute atomic E-state index is 0.122. The van der Waals surface area contributed by atoms with E-state index >= 15 is 0 Å². The van der Waals surface area contributed by atoms with E-state index in [0.717, 1.165) is 13.1 Å². The number of hydrogen-bond donors (Lipinski definition) is 0. The van der Waals surface area contributed by atoms with E-state index < -0.39 is 11.7 Å². The highest BCUT2D eigenvalue weighted by atomic mass is 79.9. The third-order valence-corrected chi connectivity index (χ3v) is 5.01. The molecule has 2 saturated heterocycles. The van der Waals surface area contributed by atoms with Crippen LogP contribution in [0.2, 0.25) is 0 Å². The van der Waals surface area contributed by atoms with E-state index in [1.165, 1.54) is 11.0 Å². The molecular weight excluding hydrogens is 365 g/mol. The lowest BCUT2D eigenvalue weighted by Gasteiger charge is -2.33. The number of carbonyl (C=O) groups is 2. The van der Waals surface area contributed by atoms with E-state index in [-0.39, 0.29) is 17.5 Å². The lowest BCUT2D eigenvalue weighted by molar-refractivity contribution is -0.141. The number of rotatable bonds is 2. The largest absolute Gasteiger partial charge is 0.339 e. The number of nitrogens with zero attached hydrogens (tertiary/aromatic N) is 3. The molecule has 2 fully saturated rings. The zero-order chi connectivity index (χ0) is 16.6. The summed E-state index contributed by atoms with van der Waals surface area (Å²) < 4.78 is 14.7. The minimum Gasteiger partial charge on any atom is -0.339 e. The van der Waals surface area contributed by atoms with Crippen molar-refractivity contribution in [2.45, 2.75) is 6.42 Å². The average Bonchev–Trinajstić information content (AvgIpc) is 2.89. The summed E-state index contributed by atoms with van der Waals surface area (Å²) in [4.78, 5) is 30.5. The SMILES string of the molecule is CN1CCN(C(=O)C2CCN(c3ccc(Br)cc3F)C2=O)CC1. The molecule has 0 radical (unpaired) electrons. The second-order valence-electron chi connectivity index (χ2n) is 6.06. The summed E-state index contributed by atoms with van der Waals surface area (Å²) in [6, 6.07) is 4.60. The molecule has 0 aliphatic carbocycles. The second kappa shape index (κ2) is 6.57. The van der Waals surface area contributed by atoms with Crippen molar-refractivity contribution >= 4 is 33.4 Å². The molecule has 3 rings (SSSR count). The molecule has 0 bridgehead atoms. The number of benzene rings is 1. The van der Waals surface area contributed by atoms with Crippen molar-refractivity contribution in [1.82, 2.24) is 9.80 Å². The topological polar surface area (TPSA) is 43.9 Å². The summed E-state index contributed by atoms with van der Waals surface area (Å²) in [5.74, 6) is -1.56. The Kier molecular flexibility index (Phi) is 4.68. The maximum Gasteiger partial charge on any atom is 0.239 e.